The van der Waals surface area contributed by atoms with Crippen molar-refractivity contribution in [3.63, 3.8) is 0 Å². The van der Waals surface area contributed by atoms with Gasteiger partial charge in [0.2, 0.25) is 0 Å². The van der Waals surface area contributed by atoms with Crippen molar-refractivity contribution in [3.05, 3.63) is 59.7 Å². The Morgan fingerprint density at radius 2 is 1.72 bits per heavy atom. The third-order valence-electron chi connectivity index (χ3n) is 4.43. The molecule has 1 aliphatic heterocycles. The van der Waals surface area contributed by atoms with Crippen molar-refractivity contribution in [2.45, 2.75) is 0 Å². The number of amides is 1. The Morgan fingerprint density at radius 1 is 1.07 bits per heavy atom. The zero-order valence-electron chi connectivity index (χ0n) is 16.2. The van der Waals surface area contributed by atoms with Gasteiger partial charge in [0.25, 0.3) is 5.91 Å². The maximum atomic E-state index is 12.2. The minimum atomic E-state index is -0.452. The Balaban J connectivity index is 1.46. The number of carbonyl (C=O) groups is 2. The molecule has 8 heteroatoms. The summed E-state index contributed by atoms with van der Waals surface area (Å²) in [6.45, 7) is 3.39. The topological polar surface area (TPSA) is 90.7 Å². The van der Waals surface area contributed by atoms with Crippen molar-refractivity contribution in [1.82, 2.24) is 5.43 Å². The molecule has 0 aliphatic carbocycles. The van der Waals surface area contributed by atoms with E-state index in [1.54, 1.807) is 61.9 Å². The number of rotatable bonds is 7. The highest BCUT2D eigenvalue weighted by Crippen LogP contribution is 2.16. The number of benzene rings is 2. The molecule has 2 N–H and O–H groups in total. The normalized spacial score (nSPS) is 14.5. The van der Waals surface area contributed by atoms with E-state index in [9.17, 15) is 9.59 Å². The van der Waals surface area contributed by atoms with Gasteiger partial charge in [0.05, 0.1) is 32.1 Å². The fraction of sp³-hybridized carbons (Fsp3) is 0.286. The number of esters is 1. The third-order valence-corrected chi connectivity index (χ3v) is 4.43. The Morgan fingerprint density at radius 3 is 2.38 bits per heavy atom. The van der Waals surface area contributed by atoms with Crippen LogP contribution in [0, 0.1) is 0 Å². The maximum absolute atomic E-state index is 12.2. The standard InChI is InChI=1S/C21H23N3O5/c1-27-18-8-4-17(5-9-18)21(26)29-19-6-2-16(3-7-19)14-22-23-20(25)15-24-10-12-28-13-11-24/h2-9,14H,10-13,15H2,1H3,(H,23,25)/p+1/b22-14-. The van der Waals surface area contributed by atoms with E-state index in [1.165, 1.54) is 4.90 Å². The van der Waals surface area contributed by atoms with E-state index in [4.69, 9.17) is 14.2 Å². The number of hydrogen-bond donors (Lipinski definition) is 2. The summed E-state index contributed by atoms with van der Waals surface area (Å²) in [5.74, 6) is 0.502. The monoisotopic (exact) mass is 398 g/mol. The van der Waals surface area contributed by atoms with Gasteiger partial charge in [-0.15, -0.1) is 0 Å². The number of nitrogens with zero attached hydrogens (tertiary/aromatic N) is 1. The first-order valence-corrected chi connectivity index (χ1v) is 9.33. The molecule has 0 aromatic heterocycles. The van der Waals surface area contributed by atoms with Crippen molar-refractivity contribution in [2.24, 2.45) is 5.10 Å². The molecular formula is C21H24N3O5+. The highest BCUT2D eigenvalue weighted by molar-refractivity contribution is 5.91. The Bertz CT molecular complexity index is 844. The summed E-state index contributed by atoms with van der Waals surface area (Å²) in [6, 6.07) is 13.5. The SMILES string of the molecule is COc1ccc(C(=O)Oc2ccc(/C=N\NC(=O)C[NH+]3CCOCC3)cc2)cc1. The van der Waals surface area contributed by atoms with E-state index >= 15 is 0 Å². The summed E-state index contributed by atoms with van der Waals surface area (Å²) in [6.07, 6.45) is 1.54. The number of morpholine rings is 1. The average molecular weight is 398 g/mol. The molecule has 29 heavy (non-hydrogen) atoms. The molecule has 0 spiro atoms. The average Bonchev–Trinajstić information content (AvgIpc) is 2.75. The molecule has 0 unspecified atom stereocenters. The van der Waals surface area contributed by atoms with Gasteiger partial charge in [0, 0.05) is 0 Å². The van der Waals surface area contributed by atoms with E-state index in [1.807, 2.05) is 0 Å². The highest BCUT2D eigenvalue weighted by atomic mass is 16.5. The molecule has 1 heterocycles. The highest BCUT2D eigenvalue weighted by Gasteiger charge is 2.17. The molecule has 1 saturated heterocycles. The summed E-state index contributed by atoms with van der Waals surface area (Å²) in [7, 11) is 1.56. The van der Waals surface area contributed by atoms with Gasteiger partial charge in [0.1, 0.15) is 24.6 Å². The molecule has 8 nitrogen and oxygen atoms in total. The van der Waals surface area contributed by atoms with Crippen LogP contribution in [-0.2, 0) is 9.53 Å². The smallest absolute Gasteiger partial charge is 0.343 e. The number of methoxy groups -OCH3 is 1. The fourth-order valence-electron chi connectivity index (χ4n) is 2.80. The van der Waals surface area contributed by atoms with Crippen LogP contribution in [0.3, 0.4) is 0 Å². The van der Waals surface area contributed by atoms with Crippen molar-refractivity contribution in [1.29, 1.82) is 0 Å². The Kier molecular flexibility index (Phi) is 7.32. The molecule has 2 aromatic rings. The summed E-state index contributed by atoms with van der Waals surface area (Å²) >= 11 is 0. The van der Waals surface area contributed by atoms with Crippen molar-refractivity contribution in [2.75, 3.05) is 40.0 Å². The molecule has 152 valence electrons. The number of hydrogen-bond acceptors (Lipinski definition) is 6. The summed E-state index contributed by atoms with van der Waals surface area (Å²) in [5.41, 5.74) is 3.73. The predicted molar refractivity (Wildman–Crippen MR) is 107 cm³/mol. The second-order valence-corrected chi connectivity index (χ2v) is 6.52. The van der Waals surface area contributed by atoms with Crippen LogP contribution in [0.1, 0.15) is 15.9 Å². The van der Waals surface area contributed by atoms with Gasteiger partial charge in [-0.1, -0.05) is 0 Å². The lowest BCUT2D eigenvalue weighted by Gasteiger charge is -2.22. The largest absolute Gasteiger partial charge is 0.497 e. The first-order chi connectivity index (χ1) is 14.1. The van der Waals surface area contributed by atoms with E-state index in [-0.39, 0.29) is 5.91 Å². The van der Waals surface area contributed by atoms with Crippen LogP contribution >= 0.6 is 0 Å². The maximum Gasteiger partial charge on any atom is 0.343 e. The van der Waals surface area contributed by atoms with Gasteiger partial charge in [-0.05, 0) is 54.1 Å². The number of quaternary nitrogens is 1. The summed E-state index contributed by atoms with van der Waals surface area (Å²) in [5, 5.41) is 3.97. The molecule has 2 aromatic carbocycles. The zero-order valence-corrected chi connectivity index (χ0v) is 16.2. The first kappa shape index (κ1) is 20.5. The number of carbonyl (C=O) groups excluding carboxylic acids is 2. The van der Waals surface area contributed by atoms with E-state index in [0.29, 0.717) is 36.8 Å². The van der Waals surface area contributed by atoms with Gasteiger partial charge < -0.3 is 19.1 Å². The van der Waals surface area contributed by atoms with Gasteiger partial charge in [0.15, 0.2) is 6.54 Å². The first-order valence-electron chi connectivity index (χ1n) is 9.33. The molecule has 0 atom stereocenters. The summed E-state index contributed by atoms with van der Waals surface area (Å²) < 4.78 is 15.7. The van der Waals surface area contributed by atoms with Gasteiger partial charge in [-0.25, -0.2) is 10.2 Å². The predicted octanol–water partition coefficient (Wildman–Crippen LogP) is 0.280. The molecule has 0 bridgehead atoms. The van der Waals surface area contributed by atoms with Crippen LogP contribution in [-0.4, -0.2) is 58.0 Å². The molecule has 0 radical (unpaired) electrons. The molecule has 1 aliphatic rings. The number of hydrazone groups is 1. The second-order valence-electron chi connectivity index (χ2n) is 6.52. The quantitative estimate of drug-likeness (QED) is 0.303. The third kappa shape index (κ3) is 6.41. The minimum absolute atomic E-state index is 0.136. The van der Waals surface area contributed by atoms with Crippen molar-refractivity contribution < 1.29 is 28.7 Å². The molecular weight excluding hydrogens is 374 g/mol. The lowest BCUT2D eigenvalue weighted by molar-refractivity contribution is -0.900. The van der Waals surface area contributed by atoms with Crippen LogP contribution in [0.5, 0.6) is 11.5 Å². The van der Waals surface area contributed by atoms with E-state index in [0.717, 1.165) is 18.7 Å². The Hall–Kier alpha value is -3.23. The van der Waals surface area contributed by atoms with Crippen LogP contribution in [0.2, 0.25) is 0 Å². The van der Waals surface area contributed by atoms with Crippen LogP contribution in [0.4, 0.5) is 0 Å². The lowest BCUT2D eigenvalue weighted by Crippen LogP contribution is -3.15. The van der Waals surface area contributed by atoms with Crippen molar-refractivity contribution >= 4 is 18.1 Å². The number of nitrogens with one attached hydrogen (secondary N) is 2. The number of ether oxygens (including phenoxy) is 3. The van der Waals surface area contributed by atoms with Crippen LogP contribution in [0.25, 0.3) is 0 Å². The molecule has 3 rings (SSSR count). The van der Waals surface area contributed by atoms with Gasteiger partial charge >= 0.3 is 5.97 Å². The minimum Gasteiger partial charge on any atom is -0.497 e. The van der Waals surface area contributed by atoms with Crippen molar-refractivity contribution in [3.8, 4) is 11.5 Å². The Labute approximate surface area is 169 Å². The summed E-state index contributed by atoms with van der Waals surface area (Å²) in [4.78, 5) is 25.2. The van der Waals surface area contributed by atoms with E-state index < -0.39 is 5.97 Å². The molecule has 1 fully saturated rings. The zero-order chi connectivity index (χ0) is 20.5. The molecule has 1 amide bonds. The molecule has 0 saturated carbocycles. The van der Waals surface area contributed by atoms with Gasteiger partial charge in [-0.3, -0.25) is 4.79 Å². The lowest BCUT2D eigenvalue weighted by atomic mass is 10.2. The van der Waals surface area contributed by atoms with Crippen LogP contribution in [0.15, 0.2) is 53.6 Å². The fourth-order valence-corrected chi connectivity index (χ4v) is 2.80. The van der Waals surface area contributed by atoms with E-state index in [2.05, 4.69) is 10.5 Å². The second kappa shape index (κ2) is 10.4. The van der Waals surface area contributed by atoms with Crippen LogP contribution < -0.4 is 19.8 Å². The van der Waals surface area contributed by atoms with Gasteiger partial charge in [-0.2, -0.15) is 5.10 Å².